The average Bonchev–Trinajstić information content (AvgIpc) is 3.02. The number of aryl methyl sites for hydroxylation is 2. The molecule has 0 saturated carbocycles. The molecular formula is C15H17N3OS. The number of thiophene rings is 1. The molecular weight excluding hydrogens is 270 g/mol. The Kier molecular flexibility index (Phi) is 3.22. The number of hydrogen-bond acceptors (Lipinski definition) is 3. The summed E-state index contributed by atoms with van der Waals surface area (Å²) in [7, 11) is 0. The van der Waals surface area contributed by atoms with Gasteiger partial charge in [-0.05, 0) is 31.7 Å². The van der Waals surface area contributed by atoms with Crippen molar-refractivity contribution in [3.63, 3.8) is 0 Å². The standard InChI is InChI=1S/C15H17N3OS/c1-4-6-11-9(2)16-14-13(12-7-5-8-20-12)10(3)17-18(14)15(11)19/h5,7-8,17H,4,6H2,1-3H3. The maximum Gasteiger partial charge on any atom is 0.276 e. The van der Waals surface area contributed by atoms with Gasteiger partial charge in [0.1, 0.15) is 0 Å². The average molecular weight is 287 g/mol. The van der Waals surface area contributed by atoms with Crippen LogP contribution in [0.15, 0.2) is 22.3 Å². The molecule has 3 rings (SSSR count). The van der Waals surface area contributed by atoms with E-state index >= 15 is 0 Å². The van der Waals surface area contributed by atoms with E-state index in [0.29, 0.717) is 0 Å². The topological polar surface area (TPSA) is 50.2 Å². The third kappa shape index (κ3) is 1.89. The normalized spacial score (nSPS) is 11.3. The number of hydrogen-bond donors (Lipinski definition) is 1. The first-order valence-electron chi connectivity index (χ1n) is 6.78. The second kappa shape index (κ2) is 4.90. The third-order valence-corrected chi connectivity index (χ3v) is 4.42. The van der Waals surface area contributed by atoms with E-state index in [9.17, 15) is 4.79 Å². The molecule has 3 heterocycles. The molecule has 0 aliphatic rings. The van der Waals surface area contributed by atoms with E-state index in [0.717, 1.165) is 45.9 Å². The van der Waals surface area contributed by atoms with Crippen LogP contribution in [0.1, 0.15) is 30.3 Å². The van der Waals surface area contributed by atoms with Crippen molar-refractivity contribution in [2.24, 2.45) is 0 Å². The summed E-state index contributed by atoms with van der Waals surface area (Å²) in [6.07, 6.45) is 1.72. The van der Waals surface area contributed by atoms with Crippen LogP contribution in [0, 0.1) is 13.8 Å². The Morgan fingerprint density at radius 2 is 2.20 bits per heavy atom. The van der Waals surface area contributed by atoms with Crippen LogP contribution in [0.3, 0.4) is 0 Å². The molecule has 0 bridgehead atoms. The lowest BCUT2D eigenvalue weighted by Gasteiger charge is -2.04. The van der Waals surface area contributed by atoms with Gasteiger partial charge >= 0.3 is 0 Å². The zero-order valence-corrected chi connectivity index (χ0v) is 12.7. The van der Waals surface area contributed by atoms with Crippen LogP contribution in [0.25, 0.3) is 16.1 Å². The van der Waals surface area contributed by atoms with Gasteiger partial charge in [0.25, 0.3) is 5.56 Å². The Hall–Kier alpha value is -1.88. The minimum absolute atomic E-state index is 0.0280. The Morgan fingerprint density at radius 1 is 1.40 bits per heavy atom. The minimum atomic E-state index is 0.0280. The molecule has 104 valence electrons. The molecule has 1 N–H and O–H groups in total. The van der Waals surface area contributed by atoms with Crippen LogP contribution in [-0.4, -0.2) is 14.6 Å². The van der Waals surface area contributed by atoms with E-state index < -0.39 is 0 Å². The van der Waals surface area contributed by atoms with Crippen molar-refractivity contribution in [2.75, 3.05) is 0 Å². The second-order valence-electron chi connectivity index (χ2n) is 4.98. The lowest BCUT2D eigenvalue weighted by molar-refractivity contribution is 0.811. The molecule has 0 aliphatic heterocycles. The van der Waals surface area contributed by atoms with Gasteiger partial charge in [0.15, 0.2) is 5.65 Å². The summed E-state index contributed by atoms with van der Waals surface area (Å²) in [5, 5.41) is 5.19. The molecule has 0 fully saturated rings. The van der Waals surface area contributed by atoms with Gasteiger partial charge in [-0.25, -0.2) is 9.50 Å². The Bertz CT molecular complexity index is 812. The van der Waals surface area contributed by atoms with Crippen LogP contribution in [0.4, 0.5) is 0 Å². The monoisotopic (exact) mass is 287 g/mol. The highest BCUT2D eigenvalue weighted by atomic mass is 32.1. The van der Waals surface area contributed by atoms with Crippen molar-refractivity contribution >= 4 is 17.0 Å². The summed E-state index contributed by atoms with van der Waals surface area (Å²) < 4.78 is 1.59. The first-order valence-corrected chi connectivity index (χ1v) is 7.66. The Morgan fingerprint density at radius 3 is 2.85 bits per heavy atom. The number of rotatable bonds is 3. The zero-order chi connectivity index (χ0) is 14.3. The van der Waals surface area contributed by atoms with E-state index in [1.807, 2.05) is 25.3 Å². The van der Waals surface area contributed by atoms with E-state index in [1.165, 1.54) is 0 Å². The SMILES string of the molecule is CCCc1c(C)nc2c(-c3cccs3)c(C)[nH]n2c1=O. The minimum Gasteiger partial charge on any atom is -0.293 e. The third-order valence-electron chi connectivity index (χ3n) is 3.53. The summed E-state index contributed by atoms with van der Waals surface area (Å²) in [6, 6.07) is 4.07. The van der Waals surface area contributed by atoms with Crippen LogP contribution >= 0.6 is 11.3 Å². The predicted octanol–water partition coefficient (Wildman–Crippen LogP) is 3.32. The van der Waals surface area contributed by atoms with Crippen molar-refractivity contribution < 1.29 is 0 Å². The second-order valence-corrected chi connectivity index (χ2v) is 5.93. The van der Waals surface area contributed by atoms with Crippen LogP contribution < -0.4 is 5.56 Å². The quantitative estimate of drug-likeness (QED) is 0.803. The van der Waals surface area contributed by atoms with Gasteiger partial charge in [-0.3, -0.25) is 9.89 Å². The van der Waals surface area contributed by atoms with Gasteiger partial charge in [-0.2, -0.15) is 0 Å². The van der Waals surface area contributed by atoms with Crippen molar-refractivity contribution in [1.82, 2.24) is 14.6 Å². The molecule has 20 heavy (non-hydrogen) atoms. The van der Waals surface area contributed by atoms with Crippen molar-refractivity contribution in [1.29, 1.82) is 0 Å². The molecule has 4 nitrogen and oxygen atoms in total. The van der Waals surface area contributed by atoms with Crippen molar-refractivity contribution in [3.8, 4) is 10.4 Å². The highest BCUT2D eigenvalue weighted by molar-refractivity contribution is 7.13. The van der Waals surface area contributed by atoms with E-state index in [4.69, 9.17) is 0 Å². The number of fused-ring (bicyclic) bond motifs is 1. The number of nitrogens with zero attached hydrogens (tertiary/aromatic N) is 2. The largest absolute Gasteiger partial charge is 0.293 e. The van der Waals surface area contributed by atoms with Gasteiger partial charge in [-0.15, -0.1) is 11.3 Å². The fourth-order valence-corrected chi connectivity index (χ4v) is 3.40. The Balaban J connectivity index is 2.36. The highest BCUT2D eigenvalue weighted by Gasteiger charge is 2.17. The van der Waals surface area contributed by atoms with Crippen molar-refractivity contribution in [2.45, 2.75) is 33.6 Å². The van der Waals surface area contributed by atoms with Crippen LogP contribution in [0.2, 0.25) is 0 Å². The molecule has 0 aliphatic carbocycles. The first-order chi connectivity index (χ1) is 9.63. The number of nitrogens with one attached hydrogen (secondary N) is 1. The number of H-pyrrole nitrogens is 1. The van der Waals surface area contributed by atoms with Gasteiger partial charge in [-0.1, -0.05) is 19.4 Å². The zero-order valence-electron chi connectivity index (χ0n) is 11.9. The summed E-state index contributed by atoms with van der Waals surface area (Å²) >= 11 is 1.66. The fourth-order valence-electron chi connectivity index (χ4n) is 2.58. The van der Waals surface area contributed by atoms with Crippen LogP contribution in [0.5, 0.6) is 0 Å². The predicted molar refractivity (Wildman–Crippen MR) is 82.6 cm³/mol. The van der Waals surface area contributed by atoms with E-state index in [-0.39, 0.29) is 5.56 Å². The fraction of sp³-hybridized carbons (Fsp3) is 0.333. The lowest BCUT2D eigenvalue weighted by atomic mass is 10.1. The van der Waals surface area contributed by atoms with E-state index in [1.54, 1.807) is 15.9 Å². The van der Waals surface area contributed by atoms with Gasteiger partial charge < -0.3 is 0 Å². The molecule has 0 unspecified atom stereocenters. The number of aromatic nitrogens is 3. The molecule has 5 heteroatoms. The van der Waals surface area contributed by atoms with Gasteiger partial charge in [0, 0.05) is 21.8 Å². The molecule has 3 aromatic rings. The molecule has 0 spiro atoms. The maximum atomic E-state index is 12.6. The summed E-state index contributed by atoms with van der Waals surface area (Å²) in [5.74, 6) is 0. The van der Waals surface area contributed by atoms with Gasteiger partial charge in [0.05, 0.1) is 5.56 Å². The van der Waals surface area contributed by atoms with Gasteiger partial charge in [0.2, 0.25) is 0 Å². The first kappa shape index (κ1) is 13.1. The molecule has 0 aromatic carbocycles. The number of aromatic amines is 1. The molecule has 0 atom stereocenters. The molecule has 3 aromatic heterocycles. The molecule has 0 amide bonds. The molecule has 0 radical (unpaired) electrons. The Labute approximate surface area is 121 Å². The highest BCUT2D eigenvalue weighted by Crippen LogP contribution is 2.30. The lowest BCUT2D eigenvalue weighted by Crippen LogP contribution is -2.21. The summed E-state index contributed by atoms with van der Waals surface area (Å²) in [5.41, 5.74) is 4.42. The van der Waals surface area contributed by atoms with Crippen LogP contribution in [-0.2, 0) is 6.42 Å². The summed E-state index contributed by atoms with van der Waals surface area (Å²) in [4.78, 5) is 18.4. The molecule has 0 saturated heterocycles. The smallest absolute Gasteiger partial charge is 0.276 e. The van der Waals surface area contributed by atoms with Crippen molar-refractivity contribution in [3.05, 3.63) is 44.8 Å². The summed E-state index contributed by atoms with van der Waals surface area (Å²) in [6.45, 7) is 5.98. The maximum absolute atomic E-state index is 12.6. The van der Waals surface area contributed by atoms with E-state index in [2.05, 4.69) is 23.1 Å².